The SMILES string of the molecule is C#CCOc1ccc(CCNC(=S)C(OCC)c2ccc(F)cc2)cc1OC. The lowest BCUT2D eigenvalue weighted by atomic mass is 10.1. The van der Waals surface area contributed by atoms with Crippen LogP contribution in [0.4, 0.5) is 4.39 Å². The van der Waals surface area contributed by atoms with Gasteiger partial charge in [0.1, 0.15) is 23.5 Å². The van der Waals surface area contributed by atoms with Crippen LogP contribution in [-0.2, 0) is 11.2 Å². The minimum Gasteiger partial charge on any atom is -0.493 e. The number of hydrogen-bond donors (Lipinski definition) is 1. The standard InChI is InChI=1S/C22H24FNO3S/c1-4-14-27-19-11-6-16(15-20(19)25-3)12-13-24-22(28)21(26-5-2)17-7-9-18(23)10-8-17/h1,6-11,15,21H,5,12-14H2,2-3H3,(H,24,28). The molecule has 0 spiro atoms. The van der Waals surface area contributed by atoms with Crippen molar-refractivity contribution >= 4 is 17.2 Å². The molecule has 0 amide bonds. The van der Waals surface area contributed by atoms with Gasteiger partial charge in [-0.2, -0.15) is 0 Å². The van der Waals surface area contributed by atoms with E-state index in [1.54, 1.807) is 19.2 Å². The largest absolute Gasteiger partial charge is 0.493 e. The number of hydrogen-bond acceptors (Lipinski definition) is 4. The summed E-state index contributed by atoms with van der Waals surface area (Å²) in [7, 11) is 1.59. The summed E-state index contributed by atoms with van der Waals surface area (Å²) >= 11 is 5.50. The van der Waals surface area contributed by atoms with Crippen LogP contribution in [0.15, 0.2) is 42.5 Å². The summed E-state index contributed by atoms with van der Waals surface area (Å²) in [5.74, 6) is 3.39. The van der Waals surface area contributed by atoms with E-state index in [1.165, 1.54) is 12.1 Å². The van der Waals surface area contributed by atoms with E-state index < -0.39 is 6.10 Å². The molecule has 0 radical (unpaired) electrons. The first-order chi connectivity index (χ1) is 13.6. The molecule has 6 heteroatoms. The van der Waals surface area contributed by atoms with Gasteiger partial charge in [0.2, 0.25) is 0 Å². The number of methoxy groups -OCH3 is 1. The van der Waals surface area contributed by atoms with E-state index >= 15 is 0 Å². The molecule has 0 fully saturated rings. The summed E-state index contributed by atoms with van der Waals surface area (Å²) in [6.45, 7) is 3.21. The van der Waals surface area contributed by atoms with Gasteiger partial charge in [-0.25, -0.2) is 4.39 Å². The molecule has 0 bridgehead atoms. The lowest BCUT2D eigenvalue weighted by molar-refractivity contribution is 0.109. The second-order valence-corrected chi connectivity index (χ2v) is 6.35. The first-order valence-corrected chi connectivity index (χ1v) is 9.37. The van der Waals surface area contributed by atoms with Crippen LogP contribution in [0.2, 0.25) is 0 Å². The Kier molecular flexibility index (Phi) is 8.73. The number of halogens is 1. The fourth-order valence-corrected chi connectivity index (χ4v) is 2.96. The molecular formula is C22H24FNO3S. The van der Waals surface area contributed by atoms with E-state index in [0.717, 1.165) is 17.5 Å². The van der Waals surface area contributed by atoms with Gasteiger partial charge in [-0.15, -0.1) is 6.42 Å². The van der Waals surface area contributed by atoms with Gasteiger partial charge in [0, 0.05) is 13.2 Å². The third-order valence-electron chi connectivity index (χ3n) is 4.00. The van der Waals surface area contributed by atoms with Crippen LogP contribution >= 0.6 is 12.2 Å². The van der Waals surface area contributed by atoms with E-state index in [4.69, 9.17) is 32.9 Å². The maximum atomic E-state index is 13.2. The van der Waals surface area contributed by atoms with Crippen molar-refractivity contribution in [3.8, 4) is 23.8 Å². The van der Waals surface area contributed by atoms with E-state index in [9.17, 15) is 4.39 Å². The molecule has 0 saturated carbocycles. The summed E-state index contributed by atoms with van der Waals surface area (Å²) in [6, 6.07) is 11.9. The Bertz CT molecular complexity index is 818. The van der Waals surface area contributed by atoms with E-state index in [-0.39, 0.29) is 12.4 Å². The van der Waals surface area contributed by atoms with Crippen LogP contribution in [0.25, 0.3) is 0 Å². The third-order valence-corrected chi connectivity index (χ3v) is 4.35. The molecule has 0 aliphatic carbocycles. The van der Waals surface area contributed by atoms with Gasteiger partial charge in [-0.1, -0.05) is 36.3 Å². The zero-order chi connectivity index (χ0) is 20.4. The zero-order valence-electron chi connectivity index (χ0n) is 16.0. The van der Waals surface area contributed by atoms with Crippen LogP contribution in [0.5, 0.6) is 11.5 Å². The molecule has 1 atom stereocenters. The van der Waals surface area contributed by atoms with Crippen molar-refractivity contribution in [1.29, 1.82) is 0 Å². The van der Waals surface area contributed by atoms with Crippen molar-refractivity contribution in [1.82, 2.24) is 5.32 Å². The maximum absolute atomic E-state index is 13.2. The van der Waals surface area contributed by atoms with Crippen molar-refractivity contribution in [3.05, 3.63) is 59.4 Å². The van der Waals surface area contributed by atoms with Gasteiger partial charge < -0.3 is 19.5 Å². The average molecular weight is 402 g/mol. The molecule has 0 aliphatic rings. The molecule has 1 N–H and O–H groups in total. The van der Waals surface area contributed by atoms with Crippen LogP contribution in [0, 0.1) is 18.2 Å². The Morgan fingerprint density at radius 2 is 1.96 bits per heavy atom. The average Bonchev–Trinajstić information content (AvgIpc) is 2.71. The third kappa shape index (κ3) is 6.22. The van der Waals surface area contributed by atoms with E-state index in [2.05, 4.69) is 11.2 Å². The molecule has 1 unspecified atom stereocenters. The molecule has 0 heterocycles. The molecule has 4 nitrogen and oxygen atoms in total. The molecule has 28 heavy (non-hydrogen) atoms. The number of thiocarbonyl (C=S) groups is 1. The van der Waals surface area contributed by atoms with E-state index in [0.29, 0.717) is 29.6 Å². The molecule has 148 valence electrons. The Hall–Kier alpha value is -2.62. The van der Waals surface area contributed by atoms with E-state index in [1.807, 2.05) is 25.1 Å². The Labute approximate surface area is 171 Å². The van der Waals surface area contributed by atoms with Gasteiger partial charge in [-0.3, -0.25) is 0 Å². The number of ether oxygens (including phenoxy) is 3. The van der Waals surface area contributed by atoms with Crippen LogP contribution in [0.3, 0.4) is 0 Å². The fourth-order valence-electron chi connectivity index (χ4n) is 2.66. The lowest BCUT2D eigenvalue weighted by Crippen LogP contribution is -2.31. The monoisotopic (exact) mass is 401 g/mol. The number of benzene rings is 2. The van der Waals surface area contributed by atoms with Gasteiger partial charge in [0.15, 0.2) is 11.5 Å². The van der Waals surface area contributed by atoms with Gasteiger partial charge in [0.25, 0.3) is 0 Å². The van der Waals surface area contributed by atoms with Crippen molar-refractivity contribution in [2.75, 3.05) is 26.9 Å². The summed E-state index contributed by atoms with van der Waals surface area (Å²) < 4.78 is 29.7. The van der Waals surface area contributed by atoms with Gasteiger partial charge in [-0.05, 0) is 48.7 Å². The summed E-state index contributed by atoms with van der Waals surface area (Å²) in [6.07, 6.45) is 5.54. The highest BCUT2D eigenvalue weighted by Crippen LogP contribution is 2.28. The maximum Gasteiger partial charge on any atom is 0.162 e. The number of nitrogens with one attached hydrogen (secondary N) is 1. The summed E-state index contributed by atoms with van der Waals surface area (Å²) in [4.78, 5) is 0.564. The number of rotatable bonds is 10. The van der Waals surface area contributed by atoms with Crippen molar-refractivity contribution in [2.24, 2.45) is 0 Å². The molecule has 0 saturated heterocycles. The zero-order valence-corrected chi connectivity index (χ0v) is 16.9. The topological polar surface area (TPSA) is 39.7 Å². The van der Waals surface area contributed by atoms with Crippen LogP contribution < -0.4 is 14.8 Å². The lowest BCUT2D eigenvalue weighted by Gasteiger charge is -2.20. The van der Waals surface area contributed by atoms with Gasteiger partial charge >= 0.3 is 0 Å². The number of terminal acetylenes is 1. The second kappa shape index (κ2) is 11.3. The molecule has 2 aromatic rings. The van der Waals surface area contributed by atoms with Crippen LogP contribution in [-0.4, -0.2) is 31.9 Å². The minimum absolute atomic E-state index is 0.188. The summed E-state index contributed by atoms with van der Waals surface area (Å²) in [5.41, 5.74) is 1.88. The molecular weight excluding hydrogens is 377 g/mol. The highest BCUT2D eigenvalue weighted by molar-refractivity contribution is 7.80. The van der Waals surface area contributed by atoms with Gasteiger partial charge in [0.05, 0.1) is 7.11 Å². The quantitative estimate of drug-likeness (QED) is 0.480. The first-order valence-electron chi connectivity index (χ1n) is 8.97. The minimum atomic E-state index is -0.408. The Morgan fingerprint density at radius 1 is 1.21 bits per heavy atom. The highest BCUT2D eigenvalue weighted by atomic mass is 32.1. The Balaban J connectivity index is 1.96. The predicted molar refractivity (Wildman–Crippen MR) is 112 cm³/mol. The predicted octanol–water partition coefficient (Wildman–Crippen LogP) is 4.08. The fraction of sp³-hybridized carbons (Fsp3) is 0.318. The van der Waals surface area contributed by atoms with Crippen molar-refractivity contribution < 1.29 is 18.6 Å². The molecule has 2 aromatic carbocycles. The first kappa shape index (κ1) is 21.7. The highest BCUT2D eigenvalue weighted by Gasteiger charge is 2.17. The Morgan fingerprint density at radius 3 is 2.61 bits per heavy atom. The second-order valence-electron chi connectivity index (χ2n) is 5.91. The normalized spacial score (nSPS) is 11.4. The molecule has 2 rings (SSSR count). The summed E-state index contributed by atoms with van der Waals surface area (Å²) in [5, 5.41) is 3.23. The molecule has 0 aliphatic heterocycles. The van der Waals surface area contributed by atoms with Crippen molar-refractivity contribution in [2.45, 2.75) is 19.4 Å². The smallest absolute Gasteiger partial charge is 0.162 e. The van der Waals surface area contributed by atoms with Crippen LogP contribution in [0.1, 0.15) is 24.2 Å². The molecule has 0 aromatic heterocycles. The van der Waals surface area contributed by atoms with Crippen molar-refractivity contribution in [3.63, 3.8) is 0 Å².